The molecule has 0 radical (unpaired) electrons. The summed E-state index contributed by atoms with van der Waals surface area (Å²) in [7, 11) is 0. The van der Waals surface area contributed by atoms with Gasteiger partial charge in [-0.05, 0) is 31.2 Å². The Hall–Kier alpha value is -2.09. The molecule has 0 aromatic heterocycles. The molecule has 4 rings (SSSR count). The van der Waals surface area contributed by atoms with E-state index in [1.54, 1.807) is 23.9 Å². The Morgan fingerprint density at radius 2 is 1.84 bits per heavy atom. The van der Waals surface area contributed by atoms with E-state index in [4.69, 9.17) is 0 Å². The molecule has 1 heterocycles. The molecule has 2 amide bonds. The predicted octanol–water partition coefficient (Wildman–Crippen LogP) is 4.19. The van der Waals surface area contributed by atoms with Gasteiger partial charge in [0, 0.05) is 42.1 Å². The topological polar surface area (TPSA) is 92.6 Å². The molecule has 1 N–H and O–H groups in total. The van der Waals surface area contributed by atoms with Gasteiger partial charge in [0.25, 0.3) is 5.69 Å². The Kier molecular flexibility index (Phi) is 6.84. The van der Waals surface area contributed by atoms with Crippen LogP contribution in [0.2, 0.25) is 0 Å². The number of nitrogens with zero attached hydrogens (tertiary/aromatic N) is 2. The molecular weight excluding hydrogens is 414 g/mol. The first-order valence-electron chi connectivity index (χ1n) is 11.5. The summed E-state index contributed by atoms with van der Waals surface area (Å²) in [5, 5.41) is 14.4. The molecule has 3 fully saturated rings. The zero-order chi connectivity index (χ0) is 21.8. The van der Waals surface area contributed by atoms with Crippen LogP contribution in [0.4, 0.5) is 5.69 Å². The van der Waals surface area contributed by atoms with Crippen molar-refractivity contribution in [3.05, 3.63) is 39.9 Å². The molecule has 7 nitrogen and oxygen atoms in total. The van der Waals surface area contributed by atoms with E-state index in [9.17, 15) is 19.7 Å². The number of carbonyl (C=O) groups is 2. The van der Waals surface area contributed by atoms with Crippen molar-refractivity contribution < 1.29 is 14.5 Å². The van der Waals surface area contributed by atoms with Crippen molar-refractivity contribution in [2.75, 3.05) is 5.75 Å². The Balaban J connectivity index is 1.65. The average molecular weight is 446 g/mol. The summed E-state index contributed by atoms with van der Waals surface area (Å²) in [6, 6.07) is 6.55. The minimum atomic E-state index is -0.838. The van der Waals surface area contributed by atoms with E-state index in [-0.39, 0.29) is 28.8 Å². The van der Waals surface area contributed by atoms with Crippen LogP contribution in [0.1, 0.15) is 69.8 Å². The molecule has 3 aliphatic rings. The van der Waals surface area contributed by atoms with Crippen molar-refractivity contribution in [1.29, 1.82) is 0 Å². The second kappa shape index (κ2) is 9.59. The molecule has 0 spiro atoms. The van der Waals surface area contributed by atoms with E-state index in [1.807, 2.05) is 4.90 Å². The average Bonchev–Trinajstić information content (AvgIpc) is 2.92. The fourth-order valence-corrected chi connectivity index (χ4v) is 6.91. The maximum absolute atomic E-state index is 13.9. The predicted molar refractivity (Wildman–Crippen MR) is 121 cm³/mol. The fraction of sp³-hybridized carbons (Fsp3) is 0.652. The molecular formula is C23H31N3O4S. The van der Waals surface area contributed by atoms with Crippen LogP contribution in [0.3, 0.4) is 0 Å². The number of benzene rings is 1. The molecule has 1 aromatic carbocycles. The van der Waals surface area contributed by atoms with Crippen LogP contribution in [0.15, 0.2) is 24.3 Å². The van der Waals surface area contributed by atoms with Gasteiger partial charge in [0.15, 0.2) is 0 Å². The van der Waals surface area contributed by atoms with Crippen molar-refractivity contribution in [1.82, 2.24) is 10.2 Å². The summed E-state index contributed by atoms with van der Waals surface area (Å²) in [4.78, 5) is 39.5. The van der Waals surface area contributed by atoms with Gasteiger partial charge in [-0.1, -0.05) is 44.2 Å². The summed E-state index contributed by atoms with van der Waals surface area (Å²) in [5.41, 5.74) is 0.0113. The van der Waals surface area contributed by atoms with E-state index in [1.165, 1.54) is 18.6 Å². The molecule has 1 saturated heterocycles. The van der Waals surface area contributed by atoms with Gasteiger partial charge in [-0.25, -0.2) is 0 Å². The number of amides is 2. The summed E-state index contributed by atoms with van der Waals surface area (Å²) in [6.07, 6.45) is 9.58. The van der Waals surface area contributed by atoms with Gasteiger partial charge in [0.05, 0.1) is 4.92 Å². The Labute approximate surface area is 187 Å². The van der Waals surface area contributed by atoms with Gasteiger partial charge >= 0.3 is 0 Å². The first kappa shape index (κ1) is 22.1. The lowest BCUT2D eigenvalue weighted by atomic mass is 9.77. The Bertz CT molecular complexity index is 825. The number of nitro groups is 1. The van der Waals surface area contributed by atoms with Crippen molar-refractivity contribution in [3.63, 3.8) is 0 Å². The highest BCUT2D eigenvalue weighted by Crippen LogP contribution is 2.44. The van der Waals surface area contributed by atoms with Crippen molar-refractivity contribution in [2.45, 2.75) is 87.6 Å². The third-order valence-electron chi connectivity index (χ3n) is 7.05. The second-order valence-corrected chi connectivity index (χ2v) is 10.3. The third-order valence-corrected chi connectivity index (χ3v) is 8.51. The molecule has 2 atom stereocenters. The lowest BCUT2D eigenvalue weighted by Gasteiger charge is -2.49. The largest absolute Gasteiger partial charge is 0.351 e. The zero-order valence-electron chi connectivity index (χ0n) is 17.9. The molecule has 0 bridgehead atoms. The first-order chi connectivity index (χ1) is 15.0. The standard InChI is InChI=1S/C23H31N3O4S/c27-21-13-15-31-20-8-4-5-14-23(20,22(28)24-18-6-2-1-3-7-18)25(21)16-17-9-11-19(12-10-17)26(29)30/h9-12,18,20H,1-8,13-16H2,(H,24,28). The molecule has 2 unspecified atom stereocenters. The third kappa shape index (κ3) is 4.59. The smallest absolute Gasteiger partial charge is 0.269 e. The quantitative estimate of drug-likeness (QED) is 0.542. The number of hydrogen-bond acceptors (Lipinski definition) is 5. The molecule has 8 heteroatoms. The van der Waals surface area contributed by atoms with Gasteiger partial charge in [-0.2, -0.15) is 11.8 Å². The highest BCUT2D eigenvalue weighted by Gasteiger charge is 2.54. The first-order valence-corrected chi connectivity index (χ1v) is 12.5. The summed E-state index contributed by atoms with van der Waals surface area (Å²) in [5.74, 6) is 0.751. The highest BCUT2D eigenvalue weighted by atomic mass is 32.2. The van der Waals surface area contributed by atoms with Gasteiger partial charge in [-0.3, -0.25) is 19.7 Å². The van der Waals surface area contributed by atoms with E-state index >= 15 is 0 Å². The zero-order valence-corrected chi connectivity index (χ0v) is 18.7. The summed E-state index contributed by atoms with van der Waals surface area (Å²) in [6.45, 7) is 0.311. The number of thioether (sulfide) groups is 1. The van der Waals surface area contributed by atoms with Gasteiger partial charge < -0.3 is 10.2 Å². The minimum absolute atomic E-state index is 0.00811. The summed E-state index contributed by atoms with van der Waals surface area (Å²) >= 11 is 1.77. The molecule has 168 valence electrons. The SMILES string of the molecule is O=C1CCSC2CCCCC2(C(=O)NC2CCCCC2)N1Cc1ccc([N+](=O)[O-])cc1. The van der Waals surface area contributed by atoms with Crippen LogP contribution >= 0.6 is 11.8 Å². The molecule has 2 aliphatic carbocycles. The lowest BCUT2D eigenvalue weighted by molar-refractivity contribution is -0.384. The fourth-order valence-electron chi connectivity index (χ4n) is 5.37. The molecule has 1 aromatic rings. The molecule has 31 heavy (non-hydrogen) atoms. The summed E-state index contributed by atoms with van der Waals surface area (Å²) < 4.78 is 0. The number of non-ortho nitro benzene ring substituents is 1. The number of fused-ring (bicyclic) bond motifs is 1. The number of rotatable bonds is 5. The van der Waals surface area contributed by atoms with E-state index in [0.29, 0.717) is 19.4 Å². The van der Waals surface area contributed by atoms with Crippen LogP contribution in [0.25, 0.3) is 0 Å². The van der Waals surface area contributed by atoms with Crippen LogP contribution in [-0.4, -0.2) is 44.2 Å². The van der Waals surface area contributed by atoms with Crippen LogP contribution in [-0.2, 0) is 16.1 Å². The number of carbonyl (C=O) groups excluding carboxylic acids is 2. The normalized spacial score (nSPS) is 27.3. The number of nitro benzene ring substituents is 1. The number of nitrogens with one attached hydrogen (secondary N) is 1. The van der Waals surface area contributed by atoms with E-state index < -0.39 is 10.5 Å². The van der Waals surface area contributed by atoms with Crippen molar-refractivity contribution in [2.24, 2.45) is 0 Å². The number of hydrogen-bond donors (Lipinski definition) is 1. The van der Waals surface area contributed by atoms with Crippen LogP contribution < -0.4 is 5.32 Å². The van der Waals surface area contributed by atoms with Gasteiger partial charge in [0.2, 0.25) is 11.8 Å². The van der Waals surface area contributed by atoms with E-state index in [2.05, 4.69) is 5.32 Å². The second-order valence-electron chi connectivity index (χ2n) is 8.99. The Morgan fingerprint density at radius 3 is 2.55 bits per heavy atom. The van der Waals surface area contributed by atoms with E-state index in [0.717, 1.165) is 56.3 Å². The van der Waals surface area contributed by atoms with Gasteiger partial charge in [-0.15, -0.1) is 0 Å². The van der Waals surface area contributed by atoms with Crippen molar-refractivity contribution in [3.8, 4) is 0 Å². The van der Waals surface area contributed by atoms with Crippen molar-refractivity contribution >= 4 is 29.3 Å². The monoisotopic (exact) mass is 445 g/mol. The maximum atomic E-state index is 13.9. The Morgan fingerprint density at radius 1 is 1.13 bits per heavy atom. The lowest BCUT2D eigenvalue weighted by Crippen LogP contribution is -2.66. The van der Waals surface area contributed by atoms with Crippen LogP contribution in [0, 0.1) is 10.1 Å². The minimum Gasteiger partial charge on any atom is -0.351 e. The maximum Gasteiger partial charge on any atom is 0.269 e. The van der Waals surface area contributed by atoms with Gasteiger partial charge in [0.1, 0.15) is 5.54 Å². The molecule has 2 saturated carbocycles. The highest BCUT2D eigenvalue weighted by molar-refractivity contribution is 8.00. The molecule has 1 aliphatic heterocycles. The van der Waals surface area contributed by atoms with Crippen LogP contribution in [0.5, 0.6) is 0 Å².